The van der Waals surface area contributed by atoms with E-state index in [4.69, 9.17) is 4.74 Å². The molecular weight excluding hydrogens is 312 g/mol. The maximum absolute atomic E-state index is 11.8. The Balaban J connectivity index is 2.09. The zero-order chi connectivity index (χ0) is 18.6. The van der Waals surface area contributed by atoms with Crippen LogP contribution in [0.25, 0.3) is 0 Å². The number of rotatable bonds is 2. The van der Waals surface area contributed by atoms with Crippen molar-refractivity contribution in [3.8, 4) is 0 Å². The van der Waals surface area contributed by atoms with Gasteiger partial charge < -0.3 is 9.84 Å². The normalized spacial score (nSPS) is 45.6. The standard InChI is InChI=1S/C22H34O3/c1-7-21(5)11-8-16-15(13-21)12-17(24)19-20(3,4)10-9-18(22(16,19)6)25-14(2)23/h7,13,16-19,24H,1,8-12H2,2-6H3/t16-,17+,18-,19-,21-,22-/m0/s1. The van der Waals surface area contributed by atoms with Crippen molar-refractivity contribution in [2.24, 2.45) is 28.1 Å². The summed E-state index contributed by atoms with van der Waals surface area (Å²) in [5.41, 5.74) is 1.19. The van der Waals surface area contributed by atoms with Gasteiger partial charge in [-0.2, -0.15) is 0 Å². The fourth-order valence-electron chi connectivity index (χ4n) is 6.44. The van der Waals surface area contributed by atoms with Crippen LogP contribution in [0.4, 0.5) is 0 Å². The highest BCUT2D eigenvalue weighted by molar-refractivity contribution is 5.66. The van der Waals surface area contributed by atoms with E-state index in [2.05, 4.69) is 40.3 Å². The van der Waals surface area contributed by atoms with Gasteiger partial charge in [-0.05, 0) is 49.4 Å². The van der Waals surface area contributed by atoms with Gasteiger partial charge in [0.2, 0.25) is 0 Å². The highest BCUT2D eigenvalue weighted by Crippen LogP contribution is 2.64. The number of fused-ring (bicyclic) bond motifs is 3. The number of hydrogen-bond acceptors (Lipinski definition) is 3. The first-order valence-corrected chi connectivity index (χ1v) is 9.74. The van der Waals surface area contributed by atoms with E-state index in [9.17, 15) is 9.90 Å². The van der Waals surface area contributed by atoms with E-state index in [-0.39, 0.29) is 40.3 Å². The van der Waals surface area contributed by atoms with Crippen LogP contribution in [-0.4, -0.2) is 23.3 Å². The molecule has 3 heteroatoms. The Morgan fingerprint density at radius 2 is 1.96 bits per heavy atom. The van der Waals surface area contributed by atoms with Crippen LogP contribution in [0.3, 0.4) is 0 Å². The molecule has 0 aromatic carbocycles. The van der Waals surface area contributed by atoms with Gasteiger partial charge in [0.1, 0.15) is 6.10 Å². The molecule has 0 saturated heterocycles. The summed E-state index contributed by atoms with van der Waals surface area (Å²) in [5.74, 6) is 0.313. The summed E-state index contributed by atoms with van der Waals surface area (Å²) in [6.45, 7) is 14.5. The van der Waals surface area contributed by atoms with E-state index in [0.29, 0.717) is 5.92 Å². The molecule has 0 aromatic rings. The Labute approximate surface area is 152 Å². The van der Waals surface area contributed by atoms with Gasteiger partial charge in [0.15, 0.2) is 0 Å². The van der Waals surface area contributed by atoms with E-state index < -0.39 is 0 Å². The maximum Gasteiger partial charge on any atom is 0.302 e. The minimum atomic E-state index is -0.381. The Morgan fingerprint density at radius 1 is 1.28 bits per heavy atom. The van der Waals surface area contributed by atoms with E-state index in [1.165, 1.54) is 12.5 Å². The van der Waals surface area contributed by atoms with Crippen LogP contribution in [0, 0.1) is 28.1 Å². The van der Waals surface area contributed by atoms with Gasteiger partial charge in [0.05, 0.1) is 6.10 Å². The third-order valence-electron chi connectivity index (χ3n) is 7.55. The van der Waals surface area contributed by atoms with Gasteiger partial charge in [-0.3, -0.25) is 4.79 Å². The molecule has 6 atom stereocenters. The molecule has 140 valence electrons. The van der Waals surface area contributed by atoms with Gasteiger partial charge in [-0.1, -0.05) is 45.4 Å². The first-order valence-electron chi connectivity index (χ1n) is 9.74. The fourth-order valence-corrected chi connectivity index (χ4v) is 6.44. The molecule has 3 rings (SSSR count). The Morgan fingerprint density at radius 3 is 2.56 bits per heavy atom. The summed E-state index contributed by atoms with van der Waals surface area (Å²) in [5, 5.41) is 11.1. The molecule has 2 fully saturated rings. The van der Waals surface area contributed by atoms with Crippen molar-refractivity contribution in [3.63, 3.8) is 0 Å². The quantitative estimate of drug-likeness (QED) is 0.584. The van der Waals surface area contributed by atoms with Crippen LogP contribution in [0.2, 0.25) is 0 Å². The molecule has 0 aliphatic heterocycles. The number of carbonyl (C=O) groups is 1. The first-order chi connectivity index (χ1) is 11.5. The second kappa shape index (κ2) is 5.97. The average Bonchev–Trinajstić information content (AvgIpc) is 2.49. The number of ether oxygens (including phenoxy) is 1. The van der Waals surface area contributed by atoms with Gasteiger partial charge in [0, 0.05) is 17.8 Å². The third-order valence-corrected chi connectivity index (χ3v) is 7.55. The summed E-state index contributed by atoms with van der Waals surface area (Å²) < 4.78 is 5.84. The van der Waals surface area contributed by atoms with Gasteiger partial charge in [-0.15, -0.1) is 6.58 Å². The van der Waals surface area contributed by atoms with E-state index in [1.54, 1.807) is 0 Å². The van der Waals surface area contributed by atoms with E-state index in [1.807, 2.05) is 6.08 Å². The predicted molar refractivity (Wildman–Crippen MR) is 99.9 cm³/mol. The van der Waals surface area contributed by atoms with Gasteiger partial charge in [0.25, 0.3) is 0 Å². The van der Waals surface area contributed by atoms with Crippen molar-refractivity contribution in [2.75, 3.05) is 0 Å². The molecule has 0 radical (unpaired) electrons. The van der Waals surface area contributed by atoms with Crippen LogP contribution in [-0.2, 0) is 9.53 Å². The molecule has 3 aliphatic carbocycles. The van der Waals surface area contributed by atoms with Crippen LogP contribution in [0.5, 0.6) is 0 Å². The van der Waals surface area contributed by atoms with Gasteiger partial charge >= 0.3 is 5.97 Å². The molecule has 0 amide bonds. The smallest absolute Gasteiger partial charge is 0.302 e. The Bertz CT molecular complexity index is 604. The van der Waals surface area contributed by atoms with Crippen molar-refractivity contribution >= 4 is 5.97 Å². The lowest BCUT2D eigenvalue weighted by atomic mass is 9.44. The SMILES string of the molecule is C=C[C@]1(C)C=C2C[C@@H](O)[C@H]3C(C)(C)CC[C@H](OC(C)=O)[C@]3(C)[C@H]2CC1. The average molecular weight is 347 g/mol. The lowest BCUT2D eigenvalue weighted by Gasteiger charge is -2.63. The molecule has 3 aliphatic rings. The van der Waals surface area contributed by atoms with Crippen molar-refractivity contribution in [2.45, 2.75) is 78.9 Å². The highest BCUT2D eigenvalue weighted by Gasteiger charge is 2.62. The van der Waals surface area contributed by atoms with Gasteiger partial charge in [-0.25, -0.2) is 0 Å². The van der Waals surface area contributed by atoms with Crippen molar-refractivity contribution < 1.29 is 14.6 Å². The monoisotopic (exact) mass is 346 g/mol. The second-order valence-corrected chi connectivity index (χ2v) is 9.76. The van der Waals surface area contributed by atoms with Crippen LogP contribution in [0.1, 0.15) is 66.7 Å². The number of aliphatic hydroxyl groups is 1. The number of carbonyl (C=O) groups excluding carboxylic acids is 1. The number of esters is 1. The summed E-state index contributed by atoms with van der Waals surface area (Å²) in [6.07, 6.45) is 8.62. The van der Waals surface area contributed by atoms with Crippen molar-refractivity contribution in [3.05, 3.63) is 24.3 Å². The first kappa shape index (κ1) is 18.7. The lowest BCUT2D eigenvalue weighted by molar-refractivity contribution is -0.201. The maximum atomic E-state index is 11.8. The summed E-state index contributed by atoms with van der Waals surface area (Å²) in [4.78, 5) is 11.8. The molecule has 1 N–H and O–H groups in total. The molecular formula is C22H34O3. The number of aliphatic hydroxyl groups excluding tert-OH is 1. The fraction of sp³-hybridized carbons (Fsp3) is 0.773. The predicted octanol–water partition coefficient (Wildman–Crippen LogP) is 4.65. The van der Waals surface area contributed by atoms with E-state index in [0.717, 1.165) is 32.1 Å². The highest BCUT2D eigenvalue weighted by atomic mass is 16.5. The zero-order valence-corrected chi connectivity index (χ0v) is 16.5. The van der Waals surface area contributed by atoms with Crippen LogP contribution < -0.4 is 0 Å². The van der Waals surface area contributed by atoms with Crippen LogP contribution >= 0.6 is 0 Å². The Kier molecular flexibility index (Phi) is 4.47. The van der Waals surface area contributed by atoms with Crippen molar-refractivity contribution in [1.29, 1.82) is 0 Å². The second-order valence-electron chi connectivity index (χ2n) is 9.76. The third kappa shape index (κ3) is 2.89. The molecule has 0 heterocycles. The number of hydrogen-bond donors (Lipinski definition) is 1. The zero-order valence-electron chi connectivity index (χ0n) is 16.5. The molecule has 25 heavy (non-hydrogen) atoms. The molecule has 3 nitrogen and oxygen atoms in total. The van der Waals surface area contributed by atoms with Crippen molar-refractivity contribution in [1.82, 2.24) is 0 Å². The lowest BCUT2D eigenvalue weighted by Crippen LogP contribution is -2.62. The Hall–Kier alpha value is -1.09. The minimum absolute atomic E-state index is 0.00979. The molecule has 0 spiro atoms. The summed E-state index contributed by atoms with van der Waals surface area (Å²) in [7, 11) is 0. The topological polar surface area (TPSA) is 46.5 Å². The molecule has 0 aromatic heterocycles. The summed E-state index contributed by atoms with van der Waals surface area (Å²) >= 11 is 0. The largest absolute Gasteiger partial charge is 0.462 e. The van der Waals surface area contributed by atoms with Crippen LogP contribution in [0.15, 0.2) is 24.3 Å². The molecule has 0 bridgehead atoms. The minimum Gasteiger partial charge on any atom is -0.462 e. The molecule has 2 saturated carbocycles. The van der Waals surface area contributed by atoms with E-state index >= 15 is 0 Å². The summed E-state index contributed by atoms with van der Waals surface area (Å²) in [6, 6.07) is 0. The molecule has 0 unspecified atom stereocenters. The number of allylic oxidation sites excluding steroid dienone is 2.